The molecule has 0 aliphatic carbocycles. The van der Waals surface area contributed by atoms with Crippen LogP contribution in [0.1, 0.15) is 33.1 Å². The second-order valence-electron chi connectivity index (χ2n) is 3.84. The number of carbonyl (C=O) groups is 1. The SMILES string of the molecule is C=C1CCN(C(=O)OC(C)CC)CC1. The number of amides is 1. The molecule has 0 N–H and O–H groups in total. The van der Waals surface area contributed by atoms with E-state index in [1.165, 1.54) is 5.57 Å². The van der Waals surface area contributed by atoms with Crippen molar-refractivity contribution in [3.63, 3.8) is 0 Å². The highest BCUT2D eigenvalue weighted by Gasteiger charge is 2.20. The summed E-state index contributed by atoms with van der Waals surface area (Å²) in [6.45, 7) is 9.35. The average molecular weight is 197 g/mol. The smallest absolute Gasteiger partial charge is 0.410 e. The highest BCUT2D eigenvalue weighted by Crippen LogP contribution is 2.15. The Morgan fingerprint density at radius 3 is 2.64 bits per heavy atom. The molecule has 1 aliphatic heterocycles. The van der Waals surface area contributed by atoms with E-state index < -0.39 is 0 Å². The molecule has 3 heteroatoms. The monoisotopic (exact) mass is 197 g/mol. The standard InChI is InChI=1S/C11H19NO2/c1-4-10(3)14-11(13)12-7-5-9(2)6-8-12/h10H,2,4-8H2,1,3H3. The van der Waals surface area contributed by atoms with E-state index >= 15 is 0 Å². The van der Waals surface area contributed by atoms with Gasteiger partial charge >= 0.3 is 6.09 Å². The summed E-state index contributed by atoms with van der Waals surface area (Å²) in [5.74, 6) is 0. The second kappa shape index (κ2) is 5.03. The van der Waals surface area contributed by atoms with Gasteiger partial charge in [-0.1, -0.05) is 19.1 Å². The molecule has 0 bridgehead atoms. The highest BCUT2D eigenvalue weighted by atomic mass is 16.6. The van der Waals surface area contributed by atoms with Crippen LogP contribution in [-0.4, -0.2) is 30.2 Å². The van der Waals surface area contributed by atoms with Gasteiger partial charge in [-0.2, -0.15) is 0 Å². The first kappa shape index (κ1) is 11.1. The van der Waals surface area contributed by atoms with Gasteiger partial charge in [-0.15, -0.1) is 0 Å². The molecule has 1 aliphatic rings. The van der Waals surface area contributed by atoms with Gasteiger partial charge in [0.2, 0.25) is 0 Å². The Bertz CT molecular complexity index is 215. The van der Waals surface area contributed by atoms with E-state index in [1.807, 2.05) is 13.8 Å². The summed E-state index contributed by atoms with van der Waals surface area (Å²) in [4.78, 5) is 13.3. The Balaban J connectivity index is 2.34. The molecule has 0 aromatic rings. The van der Waals surface area contributed by atoms with Crippen LogP contribution < -0.4 is 0 Å². The fraction of sp³-hybridized carbons (Fsp3) is 0.727. The van der Waals surface area contributed by atoms with Gasteiger partial charge in [0.25, 0.3) is 0 Å². The first-order valence-corrected chi connectivity index (χ1v) is 5.25. The molecule has 1 rings (SSSR count). The summed E-state index contributed by atoms with van der Waals surface area (Å²) in [5, 5.41) is 0. The van der Waals surface area contributed by atoms with Crippen LogP contribution in [0.15, 0.2) is 12.2 Å². The van der Waals surface area contributed by atoms with Crippen LogP contribution in [0.25, 0.3) is 0 Å². The van der Waals surface area contributed by atoms with Crippen molar-refractivity contribution in [3.8, 4) is 0 Å². The molecule has 0 radical (unpaired) electrons. The lowest BCUT2D eigenvalue weighted by atomic mass is 10.1. The second-order valence-corrected chi connectivity index (χ2v) is 3.84. The zero-order chi connectivity index (χ0) is 10.6. The number of likely N-dealkylation sites (tertiary alicyclic amines) is 1. The van der Waals surface area contributed by atoms with Crippen molar-refractivity contribution in [2.45, 2.75) is 39.2 Å². The summed E-state index contributed by atoms with van der Waals surface area (Å²) < 4.78 is 5.23. The van der Waals surface area contributed by atoms with Crippen molar-refractivity contribution in [2.75, 3.05) is 13.1 Å². The van der Waals surface area contributed by atoms with Crippen LogP contribution in [0.3, 0.4) is 0 Å². The molecule has 80 valence electrons. The maximum atomic E-state index is 11.5. The number of carbonyl (C=O) groups excluding carboxylic acids is 1. The van der Waals surface area contributed by atoms with Crippen molar-refractivity contribution >= 4 is 6.09 Å². The first-order valence-electron chi connectivity index (χ1n) is 5.25. The van der Waals surface area contributed by atoms with Crippen LogP contribution in [0.4, 0.5) is 4.79 Å². The molecule has 1 amide bonds. The molecular weight excluding hydrogens is 178 g/mol. The van der Waals surface area contributed by atoms with Gasteiger partial charge < -0.3 is 9.64 Å². The maximum Gasteiger partial charge on any atom is 0.410 e. The third-order valence-electron chi connectivity index (χ3n) is 2.61. The molecule has 1 heterocycles. The third kappa shape index (κ3) is 3.05. The average Bonchev–Trinajstić information content (AvgIpc) is 2.18. The van der Waals surface area contributed by atoms with Crippen molar-refractivity contribution in [3.05, 3.63) is 12.2 Å². The molecule has 1 unspecified atom stereocenters. The summed E-state index contributed by atoms with van der Waals surface area (Å²) >= 11 is 0. The minimum atomic E-state index is -0.174. The van der Waals surface area contributed by atoms with Crippen molar-refractivity contribution in [1.29, 1.82) is 0 Å². The van der Waals surface area contributed by atoms with E-state index in [-0.39, 0.29) is 12.2 Å². The lowest BCUT2D eigenvalue weighted by Gasteiger charge is -2.28. The topological polar surface area (TPSA) is 29.5 Å². The molecular formula is C11H19NO2. The molecule has 14 heavy (non-hydrogen) atoms. The lowest BCUT2D eigenvalue weighted by molar-refractivity contribution is 0.0664. The fourth-order valence-corrected chi connectivity index (χ4v) is 1.34. The quantitative estimate of drug-likeness (QED) is 0.637. The fourth-order valence-electron chi connectivity index (χ4n) is 1.34. The molecule has 0 aromatic heterocycles. The zero-order valence-electron chi connectivity index (χ0n) is 9.08. The van der Waals surface area contributed by atoms with E-state index in [2.05, 4.69) is 6.58 Å². The van der Waals surface area contributed by atoms with Gasteiger partial charge in [-0.3, -0.25) is 0 Å². The Morgan fingerprint density at radius 1 is 1.57 bits per heavy atom. The van der Waals surface area contributed by atoms with E-state index in [4.69, 9.17) is 4.74 Å². The van der Waals surface area contributed by atoms with Crippen LogP contribution >= 0.6 is 0 Å². The molecule has 1 fully saturated rings. The Hall–Kier alpha value is -0.990. The number of rotatable bonds is 2. The Labute approximate surface area is 85.7 Å². The van der Waals surface area contributed by atoms with Gasteiger partial charge in [0.15, 0.2) is 0 Å². The van der Waals surface area contributed by atoms with Crippen LogP contribution in [0, 0.1) is 0 Å². The minimum absolute atomic E-state index is 0.0210. The van der Waals surface area contributed by atoms with Crippen LogP contribution in [0.5, 0.6) is 0 Å². The summed E-state index contributed by atoms with van der Waals surface area (Å²) in [5.41, 5.74) is 1.23. The molecule has 0 saturated carbocycles. The molecule has 0 aromatic carbocycles. The number of piperidine rings is 1. The van der Waals surface area contributed by atoms with Crippen molar-refractivity contribution < 1.29 is 9.53 Å². The summed E-state index contributed by atoms with van der Waals surface area (Å²) in [6.07, 6.45) is 2.54. The van der Waals surface area contributed by atoms with E-state index in [0.29, 0.717) is 0 Å². The lowest BCUT2D eigenvalue weighted by Crippen LogP contribution is -2.38. The summed E-state index contributed by atoms with van der Waals surface area (Å²) in [7, 11) is 0. The largest absolute Gasteiger partial charge is 0.446 e. The third-order valence-corrected chi connectivity index (χ3v) is 2.61. The number of hydrogen-bond acceptors (Lipinski definition) is 2. The maximum absolute atomic E-state index is 11.5. The van der Waals surface area contributed by atoms with Crippen molar-refractivity contribution in [1.82, 2.24) is 4.90 Å². The summed E-state index contributed by atoms with van der Waals surface area (Å²) in [6, 6.07) is 0. The first-order chi connectivity index (χ1) is 6.63. The van der Waals surface area contributed by atoms with E-state index in [9.17, 15) is 4.79 Å². The van der Waals surface area contributed by atoms with Gasteiger partial charge in [0.05, 0.1) is 0 Å². The highest BCUT2D eigenvalue weighted by molar-refractivity contribution is 5.68. The Morgan fingerprint density at radius 2 is 2.14 bits per heavy atom. The normalized spacial score (nSPS) is 19.3. The molecule has 1 saturated heterocycles. The number of hydrogen-bond donors (Lipinski definition) is 0. The molecule has 3 nitrogen and oxygen atoms in total. The van der Waals surface area contributed by atoms with Gasteiger partial charge in [-0.05, 0) is 26.2 Å². The van der Waals surface area contributed by atoms with E-state index in [1.54, 1.807) is 4.90 Å². The Kier molecular flexibility index (Phi) is 3.98. The molecule has 1 atom stereocenters. The van der Waals surface area contributed by atoms with Crippen molar-refractivity contribution in [2.24, 2.45) is 0 Å². The van der Waals surface area contributed by atoms with Gasteiger partial charge in [-0.25, -0.2) is 4.79 Å². The number of nitrogens with zero attached hydrogens (tertiary/aromatic N) is 1. The van der Waals surface area contributed by atoms with E-state index in [0.717, 1.165) is 32.4 Å². The van der Waals surface area contributed by atoms with Gasteiger partial charge in [0, 0.05) is 13.1 Å². The zero-order valence-corrected chi connectivity index (χ0v) is 9.08. The minimum Gasteiger partial charge on any atom is -0.446 e. The molecule has 0 spiro atoms. The predicted octanol–water partition coefficient (Wildman–Crippen LogP) is 2.57. The number of ether oxygens (including phenoxy) is 1. The van der Waals surface area contributed by atoms with Crippen LogP contribution in [-0.2, 0) is 4.74 Å². The predicted molar refractivity (Wildman–Crippen MR) is 56.2 cm³/mol. The van der Waals surface area contributed by atoms with Gasteiger partial charge in [0.1, 0.15) is 6.10 Å². The van der Waals surface area contributed by atoms with Crippen LogP contribution in [0.2, 0.25) is 0 Å².